The summed E-state index contributed by atoms with van der Waals surface area (Å²) in [7, 11) is 1.59. The van der Waals surface area contributed by atoms with Gasteiger partial charge in [0.05, 0.1) is 11.3 Å². The topological polar surface area (TPSA) is 37.4 Å². The van der Waals surface area contributed by atoms with Gasteiger partial charge in [-0.05, 0) is 28.1 Å². The molecular formula is C9H6BrNO2. The predicted octanol–water partition coefficient (Wildman–Crippen LogP) is 1.61. The molecule has 1 aromatic rings. The van der Waals surface area contributed by atoms with Crippen LogP contribution in [-0.4, -0.2) is 18.7 Å². The van der Waals surface area contributed by atoms with Crippen molar-refractivity contribution in [1.29, 1.82) is 0 Å². The van der Waals surface area contributed by atoms with Crippen molar-refractivity contribution in [2.45, 2.75) is 0 Å². The number of hydrogen-bond donors (Lipinski definition) is 0. The van der Waals surface area contributed by atoms with Crippen LogP contribution < -0.4 is 4.90 Å². The Bertz CT molecular complexity index is 414. The number of carbonyl (C=O) groups excluding carboxylic acids is 2. The van der Waals surface area contributed by atoms with Gasteiger partial charge in [0.2, 0.25) is 0 Å². The second kappa shape index (κ2) is 2.67. The number of Topliss-reactive ketones (excluding diaryl/α,β-unsaturated/α-hetero) is 1. The fraction of sp³-hybridized carbons (Fsp3) is 0.111. The molecule has 0 saturated heterocycles. The van der Waals surface area contributed by atoms with Gasteiger partial charge in [-0.1, -0.05) is 6.07 Å². The summed E-state index contributed by atoms with van der Waals surface area (Å²) >= 11 is 3.30. The lowest BCUT2D eigenvalue weighted by atomic mass is 10.1. The highest BCUT2D eigenvalue weighted by Gasteiger charge is 2.34. The molecule has 0 unspecified atom stereocenters. The van der Waals surface area contributed by atoms with Crippen LogP contribution in [0.3, 0.4) is 0 Å². The van der Waals surface area contributed by atoms with Gasteiger partial charge in [0.15, 0.2) is 0 Å². The Morgan fingerprint density at radius 1 is 1.31 bits per heavy atom. The minimum absolute atomic E-state index is 0.432. The molecule has 0 spiro atoms. The number of likely N-dealkylation sites (N-methyl/N-ethyl adjacent to an activating group) is 1. The van der Waals surface area contributed by atoms with Crippen LogP contribution in [-0.2, 0) is 4.79 Å². The summed E-state index contributed by atoms with van der Waals surface area (Å²) in [6, 6.07) is 5.21. The molecule has 13 heavy (non-hydrogen) atoms. The third-order valence-corrected chi connectivity index (χ3v) is 2.71. The van der Waals surface area contributed by atoms with E-state index in [1.807, 2.05) is 0 Å². The van der Waals surface area contributed by atoms with E-state index in [9.17, 15) is 9.59 Å². The predicted molar refractivity (Wildman–Crippen MR) is 51.9 cm³/mol. The van der Waals surface area contributed by atoms with Crippen LogP contribution in [0.2, 0.25) is 0 Å². The molecule has 0 radical (unpaired) electrons. The molecule has 0 aromatic heterocycles. The van der Waals surface area contributed by atoms with E-state index in [2.05, 4.69) is 15.9 Å². The Morgan fingerprint density at radius 2 is 2.00 bits per heavy atom. The summed E-state index contributed by atoms with van der Waals surface area (Å²) in [6.45, 7) is 0. The third-order valence-electron chi connectivity index (χ3n) is 2.07. The molecule has 1 aliphatic rings. The standard InChI is InChI=1S/C9H6BrNO2/c1-11-7-5(8(12)9(11)13)3-2-4-6(7)10/h2-4H,1H3. The van der Waals surface area contributed by atoms with Crippen LogP contribution in [0.4, 0.5) is 5.69 Å². The van der Waals surface area contributed by atoms with E-state index in [1.54, 1.807) is 25.2 Å². The zero-order valence-corrected chi connectivity index (χ0v) is 8.46. The lowest BCUT2D eigenvalue weighted by Crippen LogP contribution is -2.24. The highest BCUT2D eigenvalue weighted by atomic mass is 79.9. The highest BCUT2D eigenvalue weighted by Crippen LogP contribution is 2.34. The van der Waals surface area contributed by atoms with Gasteiger partial charge in [-0.25, -0.2) is 0 Å². The average molecular weight is 240 g/mol. The largest absolute Gasteiger partial charge is 0.307 e. The number of carbonyl (C=O) groups is 2. The van der Waals surface area contributed by atoms with Crippen molar-refractivity contribution in [3.63, 3.8) is 0 Å². The van der Waals surface area contributed by atoms with Gasteiger partial charge >= 0.3 is 0 Å². The Labute approximate surface area is 83.5 Å². The summed E-state index contributed by atoms with van der Waals surface area (Å²) in [5.74, 6) is -0.902. The van der Waals surface area contributed by atoms with Crippen LogP contribution in [0.15, 0.2) is 22.7 Å². The second-order valence-corrected chi connectivity index (χ2v) is 3.68. The maximum Gasteiger partial charge on any atom is 0.299 e. The normalized spacial score (nSPS) is 15.1. The first-order valence-electron chi connectivity index (χ1n) is 3.74. The Balaban J connectivity index is 2.73. The zero-order valence-electron chi connectivity index (χ0n) is 6.87. The van der Waals surface area contributed by atoms with Crippen LogP contribution in [0, 0.1) is 0 Å². The maximum atomic E-state index is 11.3. The molecule has 1 heterocycles. The molecule has 66 valence electrons. The lowest BCUT2D eigenvalue weighted by molar-refractivity contribution is -0.114. The summed E-state index contributed by atoms with van der Waals surface area (Å²) in [5, 5.41) is 0. The Hall–Kier alpha value is -1.16. The molecule has 2 rings (SSSR count). The maximum absolute atomic E-state index is 11.3. The molecule has 0 fully saturated rings. The minimum Gasteiger partial charge on any atom is -0.307 e. The van der Waals surface area contributed by atoms with E-state index in [0.29, 0.717) is 11.3 Å². The van der Waals surface area contributed by atoms with Crippen molar-refractivity contribution in [2.75, 3.05) is 11.9 Å². The van der Waals surface area contributed by atoms with Gasteiger partial charge in [0, 0.05) is 11.5 Å². The number of benzene rings is 1. The molecule has 1 aromatic carbocycles. The SMILES string of the molecule is CN1C(=O)C(=O)c2cccc(Br)c21. The number of fused-ring (bicyclic) bond motifs is 1. The van der Waals surface area contributed by atoms with E-state index in [0.717, 1.165) is 4.47 Å². The van der Waals surface area contributed by atoms with Crippen molar-refractivity contribution in [3.8, 4) is 0 Å². The number of ketones is 1. The van der Waals surface area contributed by atoms with E-state index >= 15 is 0 Å². The second-order valence-electron chi connectivity index (χ2n) is 2.83. The number of para-hydroxylation sites is 1. The molecule has 0 atom stereocenters. The molecular weight excluding hydrogens is 234 g/mol. The molecule has 1 aliphatic heterocycles. The number of hydrogen-bond acceptors (Lipinski definition) is 2. The molecule has 0 N–H and O–H groups in total. The van der Waals surface area contributed by atoms with Gasteiger partial charge in [-0.15, -0.1) is 0 Å². The molecule has 0 bridgehead atoms. The highest BCUT2D eigenvalue weighted by molar-refractivity contribution is 9.10. The van der Waals surface area contributed by atoms with Gasteiger partial charge < -0.3 is 4.90 Å². The van der Waals surface area contributed by atoms with Crippen LogP contribution in [0.1, 0.15) is 10.4 Å². The quantitative estimate of drug-likeness (QED) is 0.646. The molecule has 3 nitrogen and oxygen atoms in total. The first-order chi connectivity index (χ1) is 6.13. The first kappa shape index (κ1) is 8.44. The van der Waals surface area contributed by atoms with Crippen LogP contribution in [0.25, 0.3) is 0 Å². The van der Waals surface area contributed by atoms with Crippen LogP contribution >= 0.6 is 15.9 Å². The fourth-order valence-electron chi connectivity index (χ4n) is 1.41. The molecule has 0 saturated carbocycles. The summed E-state index contributed by atoms with van der Waals surface area (Å²) in [5.41, 5.74) is 1.14. The lowest BCUT2D eigenvalue weighted by Gasteiger charge is -2.09. The van der Waals surface area contributed by atoms with Crippen molar-refractivity contribution in [2.24, 2.45) is 0 Å². The number of amides is 1. The van der Waals surface area contributed by atoms with Crippen molar-refractivity contribution >= 4 is 33.3 Å². The Kier molecular flexibility index (Phi) is 1.73. The van der Waals surface area contributed by atoms with E-state index in [4.69, 9.17) is 0 Å². The molecule has 4 heteroatoms. The molecule has 0 aliphatic carbocycles. The van der Waals surface area contributed by atoms with Crippen molar-refractivity contribution in [3.05, 3.63) is 28.2 Å². The van der Waals surface area contributed by atoms with Gasteiger partial charge in [0.25, 0.3) is 11.7 Å². The van der Waals surface area contributed by atoms with Gasteiger partial charge in [-0.3, -0.25) is 9.59 Å². The summed E-state index contributed by atoms with van der Waals surface area (Å²) < 4.78 is 0.770. The first-order valence-corrected chi connectivity index (χ1v) is 4.53. The summed E-state index contributed by atoms with van der Waals surface area (Å²) in [6.07, 6.45) is 0. The third kappa shape index (κ3) is 1.02. The zero-order chi connectivity index (χ0) is 9.59. The molecule has 1 amide bonds. The number of rotatable bonds is 0. The average Bonchev–Trinajstić information content (AvgIpc) is 2.33. The number of nitrogens with zero attached hydrogens (tertiary/aromatic N) is 1. The number of halogens is 1. The van der Waals surface area contributed by atoms with Gasteiger partial charge in [0.1, 0.15) is 0 Å². The van der Waals surface area contributed by atoms with E-state index in [1.165, 1.54) is 4.90 Å². The monoisotopic (exact) mass is 239 g/mol. The summed E-state index contributed by atoms with van der Waals surface area (Å²) in [4.78, 5) is 24.0. The van der Waals surface area contributed by atoms with Gasteiger partial charge in [-0.2, -0.15) is 0 Å². The van der Waals surface area contributed by atoms with E-state index < -0.39 is 11.7 Å². The smallest absolute Gasteiger partial charge is 0.299 e. The van der Waals surface area contributed by atoms with E-state index in [-0.39, 0.29) is 0 Å². The van der Waals surface area contributed by atoms with Crippen molar-refractivity contribution in [1.82, 2.24) is 0 Å². The van der Waals surface area contributed by atoms with Crippen molar-refractivity contribution < 1.29 is 9.59 Å². The Morgan fingerprint density at radius 3 is 2.62 bits per heavy atom. The minimum atomic E-state index is -0.470. The fourth-order valence-corrected chi connectivity index (χ4v) is 2.04. The number of anilines is 1. The van der Waals surface area contributed by atoms with Crippen LogP contribution in [0.5, 0.6) is 0 Å².